The van der Waals surface area contributed by atoms with Gasteiger partial charge in [0.05, 0.1) is 0 Å². The van der Waals surface area contributed by atoms with Crippen LogP contribution in [-0.4, -0.2) is 23.8 Å². The molecule has 1 fully saturated rings. The zero-order valence-electron chi connectivity index (χ0n) is 8.92. The number of nitrogens with zero attached hydrogens (tertiary/aromatic N) is 1. The predicted molar refractivity (Wildman–Crippen MR) is 60.6 cm³/mol. The van der Waals surface area contributed by atoms with Crippen molar-refractivity contribution in [1.82, 2.24) is 10.2 Å². The van der Waals surface area contributed by atoms with E-state index in [9.17, 15) is 4.79 Å². The molecule has 1 saturated heterocycles. The molecule has 2 amide bonds. The van der Waals surface area contributed by atoms with Crippen LogP contribution in [0.15, 0.2) is 6.07 Å². The Balaban J connectivity index is 2.43. The molecule has 1 aromatic rings. The van der Waals surface area contributed by atoms with Crippen LogP contribution in [-0.2, 0) is 0 Å². The summed E-state index contributed by atoms with van der Waals surface area (Å²) in [6, 6.07) is 1.62. The largest absolute Gasteiger partial charge is 0.323 e. The third kappa shape index (κ3) is 1.52. The van der Waals surface area contributed by atoms with Crippen molar-refractivity contribution >= 4 is 23.2 Å². The number of likely N-dealkylation sites (N-methyl/N-ethyl adjacent to an activating group) is 1. The van der Waals surface area contributed by atoms with Crippen molar-refractivity contribution in [2.24, 2.45) is 0 Å². The summed E-state index contributed by atoms with van der Waals surface area (Å²) in [5, 5.41) is 10.3. The SMILES string of the molecule is Cc1cc(C2C(=N)NC(=O)N2C)c(C)s1. The van der Waals surface area contributed by atoms with Gasteiger partial charge in [-0.2, -0.15) is 0 Å². The van der Waals surface area contributed by atoms with Gasteiger partial charge < -0.3 is 4.90 Å². The van der Waals surface area contributed by atoms with Crippen LogP contribution in [0.2, 0.25) is 0 Å². The van der Waals surface area contributed by atoms with E-state index in [1.807, 2.05) is 13.8 Å². The zero-order valence-corrected chi connectivity index (χ0v) is 9.73. The highest BCUT2D eigenvalue weighted by atomic mass is 32.1. The third-order valence-electron chi connectivity index (χ3n) is 2.60. The van der Waals surface area contributed by atoms with Gasteiger partial charge in [-0.05, 0) is 25.5 Å². The molecule has 1 aliphatic rings. The van der Waals surface area contributed by atoms with Crippen LogP contribution in [0.1, 0.15) is 21.4 Å². The predicted octanol–water partition coefficient (Wildman–Crippen LogP) is 2.04. The lowest BCUT2D eigenvalue weighted by molar-refractivity contribution is 0.217. The molecule has 1 unspecified atom stereocenters. The number of carbonyl (C=O) groups is 1. The summed E-state index contributed by atoms with van der Waals surface area (Å²) in [4.78, 5) is 15.3. The van der Waals surface area contributed by atoms with E-state index < -0.39 is 0 Å². The molecule has 5 heteroatoms. The second-order valence-electron chi connectivity index (χ2n) is 3.73. The minimum absolute atomic E-state index is 0.201. The first kappa shape index (κ1) is 10.2. The fourth-order valence-electron chi connectivity index (χ4n) is 1.87. The van der Waals surface area contributed by atoms with Crippen LogP contribution >= 0.6 is 11.3 Å². The van der Waals surface area contributed by atoms with E-state index >= 15 is 0 Å². The Morgan fingerprint density at radius 3 is 2.60 bits per heavy atom. The van der Waals surface area contributed by atoms with Gasteiger partial charge in [0.15, 0.2) is 0 Å². The second kappa shape index (κ2) is 3.34. The highest BCUT2D eigenvalue weighted by molar-refractivity contribution is 7.12. The maximum Gasteiger partial charge on any atom is 0.323 e. The molecule has 2 N–H and O–H groups in total. The highest BCUT2D eigenvalue weighted by Gasteiger charge is 2.35. The van der Waals surface area contributed by atoms with E-state index in [-0.39, 0.29) is 17.9 Å². The number of hydrogen-bond donors (Lipinski definition) is 2. The van der Waals surface area contributed by atoms with Gasteiger partial charge in [-0.15, -0.1) is 11.3 Å². The van der Waals surface area contributed by atoms with E-state index in [1.54, 1.807) is 23.3 Å². The molecule has 0 radical (unpaired) electrons. The van der Waals surface area contributed by atoms with Crippen molar-refractivity contribution < 1.29 is 4.79 Å². The number of hydrogen-bond acceptors (Lipinski definition) is 3. The first-order valence-electron chi connectivity index (χ1n) is 4.70. The van der Waals surface area contributed by atoms with Gasteiger partial charge in [0.2, 0.25) is 0 Å². The third-order valence-corrected chi connectivity index (χ3v) is 3.58. The smallest absolute Gasteiger partial charge is 0.313 e. The molecule has 1 aliphatic heterocycles. The summed E-state index contributed by atoms with van der Waals surface area (Å²) in [5.74, 6) is 0.267. The molecule has 0 spiro atoms. The summed E-state index contributed by atoms with van der Waals surface area (Å²) < 4.78 is 0. The fourth-order valence-corrected chi connectivity index (χ4v) is 2.83. The molecular weight excluding hydrogens is 210 g/mol. The maximum absolute atomic E-state index is 11.4. The number of amidine groups is 1. The summed E-state index contributed by atoms with van der Waals surface area (Å²) in [6.45, 7) is 4.06. The van der Waals surface area contributed by atoms with Crippen LogP contribution in [0.25, 0.3) is 0 Å². The molecular formula is C10H13N3OS. The Morgan fingerprint density at radius 1 is 1.53 bits per heavy atom. The van der Waals surface area contributed by atoms with Crippen molar-refractivity contribution in [3.05, 3.63) is 21.4 Å². The Kier molecular flexibility index (Phi) is 2.26. The number of nitrogens with one attached hydrogen (secondary N) is 2. The van der Waals surface area contributed by atoms with Gasteiger partial charge in [-0.1, -0.05) is 0 Å². The van der Waals surface area contributed by atoms with Gasteiger partial charge >= 0.3 is 6.03 Å². The molecule has 80 valence electrons. The van der Waals surface area contributed by atoms with E-state index in [2.05, 4.69) is 11.4 Å². The van der Waals surface area contributed by atoms with E-state index in [4.69, 9.17) is 5.41 Å². The topological polar surface area (TPSA) is 56.2 Å². The first-order chi connectivity index (χ1) is 7.00. The molecule has 1 atom stereocenters. The minimum atomic E-state index is -0.234. The molecule has 15 heavy (non-hydrogen) atoms. The quantitative estimate of drug-likeness (QED) is 0.752. The number of carbonyl (C=O) groups excluding carboxylic acids is 1. The number of aryl methyl sites for hydroxylation is 2. The van der Waals surface area contributed by atoms with Crippen LogP contribution in [0, 0.1) is 19.3 Å². The lowest BCUT2D eigenvalue weighted by Gasteiger charge is -2.17. The van der Waals surface area contributed by atoms with Gasteiger partial charge in [0, 0.05) is 16.8 Å². The Bertz CT molecular complexity index is 438. The van der Waals surface area contributed by atoms with E-state index in [0.29, 0.717) is 0 Å². The maximum atomic E-state index is 11.4. The lowest BCUT2D eigenvalue weighted by atomic mass is 10.1. The number of thiophene rings is 1. The van der Waals surface area contributed by atoms with Crippen molar-refractivity contribution in [3.63, 3.8) is 0 Å². The van der Waals surface area contributed by atoms with Gasteiger partial charge in [0.1, 0.15) is 11.9 Å². The Labute approximate surface area is 92.4 Å². The average molecular weight is 223 g/mol. The van der Waals surface area contributed by atoms with Crippen molar-refractivity contribution in [2.45, 2.75) is 19.9 Å². The summed E-state index contributed by atoms with van der Waals surface area (Å²) >= 11 is 1.70. The van der Waals surface area contributed by atoms with Crippen molar-refractivity contribution in [3.8, 4) is 0 Å². The Morgan fingerprint density at radius 2 is 2.20 bits per heavy atom. The summed E-state index contributed by atoms with van der Waals surface area (Å²) in [6.07, 6.45) is 0. The number of rotatable bonds is 1. The van der Waals surface area contributed by atoms with Crippen LogP contribution in [0.3, 0.4) is 0 Å². The molecule has 0 saturated carbocycles. The molecule has 0 aliphatic carbocycles. The van der Waals surface area contributed by atoms with Gasteiger partial charge in [0.25, 0.3) is 0 Å². The number of urea groups is 1. The van der Waals surface area contributed by atoms with Gasteiger partial charge in [-0.3, -0.25) is 10.7 Å². The molecule has 4 nitrogen and oxygen atoms in total. The van der Waals surface area contributed by atoms with E-state index in [0.717, 1.165) is 5.56 Å². The highest BCUT2D eigenvalue weighted by Crippen LogP contribution is 2.31. The van der Waals surface area contributed by atoms with E-state index in [1.165, 1.54) is 9.75 Å². The summed E-state index contributed by atoms with van der Waals surface area (Å²) in [5.41, 5.74) is 1.06. The van der Waals surface area contributed by atoms with Crippen LogP contribution < -0.4 is 5.32 Å². The Hall–Kier alpha value is -1.36. The fraction of sp³-hybridized carbons (Fsp3) is 0.400. The first-order valence-corrected chi connectivity index (χ1v) is 5.51. The minimum Gasteiger partial charge on any atom is -0.313 e. The van der Waals surface area contributed by atoms with Gasteiger partial charge in [-0.25, -0.2) is 4.79 Å². The monoisotopic (exact) mass is 223 g/mol. The number of amides is 2. The molecule has 1 aromatic heterocycles. The van der Waals surface area contributed by atoms with Crippen molar-refractivity contribution in [2.75, 3.05) is 7.05 Å². The molecule has 2 heterocycles. The summed E-state index contributed by atoms with van der Waals surface area (Å²) in [7, 11) is 1.72. The van der Waals surface area contributed by atoms with Crippen LogP contribution in [0.5, 0.6) is 0 Å². The normalized spacial score (nSPS) is 21.0. The zero-order chi connectivity index (χ0) is 11.2. The molecule has 0 aromatic carbocycles. The molecule has 0 bridgehead atoms. The lowest BCUT2D eigenvalue weighted by Crippen LogP contribution is -2.25. The van der Waals surface area contributed by atoms with Crippen LogP contribution in [0.4, 0.5) is 4.79 Å². The second-order valence-corrected chi connectivity index (χ2v) is 5.19. The van der Waals surface area contributed by atoms with Crippen molar-refractivity contribution in [1.29, 1.82) is 5.41 Å². The standard InChI is InChI=1S/C10H13N3OS/c1-5-4-7(6(2)15-5)8-9(11)12-10(14)13(8)3/h4,8H,1-3H3,(H2,11,12,14). The average Bonchev–Trinajstić information content (AvgIpc) is 2.56. The molecule has 2 rings (SSSR count).